The van der Waals surface area contributed by atoms with Gasteiger partial charge in [0.15, 0.2) is 4.80 Å². The lowest BCUT2D eigenvalue weighted by Crippen LogP contribution is -2.59. The molecular weight excluding hydrogens is 486 g/mol. The summed E-state index contributed by atoms with van der Waals surface area (Å²) in [5, 5.41) is 3.06. The first-order valence-corrected chi connectivity index (χ1v) is 12.8. The van der Waals surface area contributed by atoms with Crippen molar-refractivity contribution in [3.8, 4) is 11.5 Å². The second kappa shape index (κ2) is 8.74. The van der Waals surface area contributed by atoms with Crippen LogP contribution in [0.15, 0.2) is 82.6 Å². The normalized spacial score (nSPS) is 21.8. The van der Waals surface area contributed by atoms with Gasteiger partial charge in [0.25, 0.3) is 5.56 Å². The monoisotopic (exact) mass is 511 g/mol. The molecule has 7 nitrogen and oxygen atoms in total. The summed E-state index contributed by atoms with van der Waals surface area (Å²) in [6, 6.07) is 22.1. The number of fused-ring (bicyclic) bond motifs is 6. The van der Waals surface area contributed by atoms with E-state index in [1.165, 1.54) is 11.3 Å². The summed E-state index contributed by atoms with van der Waals surface area (Å²) < 4.78 is 13.8. The molecule has 0 saturated heterocycles. The molecule has 1 amide bonds. The number of carbonyl (C=O) groups excluding carboxylic acids is 1. The number of para-hydroxylation sites is 2. The highest BCUT2D eigenvalue weighted by Gasteiger charge is 2.55. The number of aromatic nitrogens is 1. The molecule has 3 heterocycles. The Bertz CT molecular complexity index is 1710. The molecule has 3 atom stereocenters. The van der Waals surface area contributed by atoms with Crippen LogP contribution in [0.5, 0.6) is 11.5 Å². The minimum atomic E-state index is -1.18. The molecular formula is C29H25N3O4S. The van der Waals surface area contributed by atoms with Gasteiger partial charge in [0, 0.05) is 11.3 Å². The van der Waals surface area contributed by atoms with Crippen LogP contribution in [0.4, 0.5) is 5.69 Å². The van der Waals surface area contributed by atoms with Crippen molar-refractivity contribution in [1.29, 1.82) is 0 Å². The highest BCUT2D eigenvalue weighted by Crippen LogP contribution is 2.47. The number of thiazole rings is 1. The number of carbonyl (C=O) groups is 1. The topological polar surface area (TPSA) is 81.9 Å². The summed E-state index contributed by atoms with van der Waals surface area (Å²) in [4.78, 5) is 33.1. The molecule has 2 aliphatic rings. The van der Waals surface area contributed by atoms with Gasteiger partial charge in [-0.15, -0.1) is 0 Å². The van der Waals surface area contributed by atoms with E-state index in [9.17, 15) is 9.59 Å². The van der Waals surface area contributed by atoms with Gasteiger partial charge < -0.3 is 14.8 Å². The third-order valence-corrected chi connectivity index (χ3v) is 7.96. The minimum Gasteiger partial charge on any atom is -0.497 e. The molecule has 0 aliphatic carbocycles. The number of benzene rings is 3. The van der Waals surface area contributed by atoms with Gasteiger partial charge in [0.1, 0.15) is 17.4 Å². The second-order valence-electron chi connectivity index (χ2n) is 9.37. The standard InChI is InChI=1S/C29H25N3O4S/c1-17-8-4-6-10-21(17)30-26(33)24-25-20-9-5-7-11-22(20)36-29(24,2)31-28-32(25)27(34)23(37-28)16-18-12-14-19(35-3)15-13-18/h4-16,24-25H,1-3H3,(H,30,33)/b23-16+/t24-,25-,29-/m0/s1. The van der Waals surface area contributed by atoms with Gasteiger partial charge >= 0.3 is 0 Å². The molecule has 0 spiro atoms. The summed E-state index contributed by atoms with van der Waals surface area (Å²) >= 11 is 1.30. The van der Waals surface area contributed by atoms with Crippen LogP contribution >= 0.6 is 11.3 Å². The number of nitrogens with one attached hydrogen (secondary N) is 1. The number of amides is 1. The molecule has 186 valence electrons. The van der Waals surface area contributed by atoms with E-state index in [1.54, 1.807) is 11.7 Å². The number of anilines is 1. The second-order valence-corrected chi connectivity index (χ2v) is 10.4. The van der Waals surface area contributed by atoms with Crippen LogP contribution in [0, 0.1) is 12.8 Å². The zero-order chi connectivity index (χ0) is 25.7. The van der Waals surface area contributed by atoms with Crippen LogP contribution in [0.25, 0.3) is 6.08 Å². The minimum absolute atomic E-state index is 0.183. The summed E-state index contributed by atoms with van der Waals surface area (Å²) in [7, 11) is 1.62. The third-order valence-electron chi connectivity index (χ3n) is 6.98. The smallest absolute Gasteiger partial charge is 0.270 e. The highest BCUT2D eigenvalue weighted by atomic mass is 32.1. The van der Waals surface area contributed by atoms with E-state index >= 15 is 0 Å². The molecule has 8 heteroatoms. The van der Waals surface area contributed by atoms with Crippen LogP contribution in [0.1, 0.15) is 29.7 Å². The molecule has 37 heavy (non-hydrogen) atoms. The molecule has 2 bridgehead atoms. The fourth-order valence-electron chi connectivity index (χ4n) is 5.12. The van der Waals surface area contributed by atoms with Gasteiger partial charge in [0.2, 0.25) is 11.6 Å². The lowest BCUT2D eigenvalue weighted by Gasteiger charge is -2.45. The van der Waals surface area contributed by atoms with Crippen molar-refractivity contribution >= 4 is 29.0 Å². The van der Waals surface area contributed by atoms with E-state index in [0.29, 0.717) is 15.1 Å². The van der Waals surface area contributed by atoms with Gasteiger partial charge in [0.05, 0.1) is 17.7 Å². The Morgan fingerprint density at radius 2 is 1.84 bits per heavy atom. The van der Waals surface area contributed by atoms with Crippen molar-refractivity contribution in [2.45, 2.75) is 25.6 Å². The summed E-state index contributed by atoms with van der Waals surface area (Å²) in [5.74, 6) is 0.371. The first-order valence-electron chi connectivity index (χ1n) is 12.0. The first kappa shape index (κ1) is 23.2. The number of aryl methyl sites for hydroxylation is 1. The molecule has 0 saturated carbocycles. The number of rotatable bonds is 4. The number of hydrogen-bond acceptors (Lipinski definition) is 6. The number of methoxy groups -OCH3 is 1. The summed E-state index contributed by atoms with van der Waals surface area (Å²) in [5.41, 5.74) is 1.97. The molecule has 4 aromatic rings. The van der Waals surface area contributed by atoms with Crippen LogP contribution < -0.4 is 29.7 Å². The molecule has 1 N–H and O–H groups in total. The van der Waals surface area contributed by atoms with Gasteiger partial charge in [-0.05, 0) is 55.3 Å². The van der Waals surface area contributed by atoms with E-state index < -0.39 is 17.7 Å². The van der Waals surface area contributed by atoms with Gasteiger partial charge in [-0.1, -0.05) is 59.9 Å². The van der Waals surface area contributed by atoms with Crippen LogP contribution in [0.2, 0.25) is 0 Å². The van der Waals surface area contributed by atoms with Crippen molar-refractivity contribution in [2.24, 2.45) is 10.9 Å². The lowest BCUT2D eigenvalue weighted by molar-refractivity contribution is -0.131. The van der Waals surface area contributed by atoms with E-state index in [1.807, 2.05) is 92.7 Å². The number of ether oxygens (including phenoxy) is 2. The average molecular weight is 512 g/mol. The zero-order valence-corrected chi connectivity index (χ0v) is 21.4. The third kappa shape index (κ3) is 3.84. The fourth-order valence-corrected chi connectivity index (χ4v) is 6.22. The SMILES string of the molecule is COc1ccc(/C=c2/sc3n(c2=O)[C@H]2c4ccccc4O[C@](C)(N=3)[C@@H]2C(=O)Nc2ccccc2C)cc1. The lowest BCUT2D eigenvalue weighted by atomic mass is 9.80. The Kier molecular flexibility index (Phi) is 5.49. The zero-order valence-electron chi connectivity index (χ0n) is 20.6. The van der Waals surface area contributed by atoms with Crippen molar-refractivity contribution in [1.82, 2.24) is 4.57 Å². The maximum Gasteiger partial charge on any atom is 0.270 e. The van der Waals surface area contributed by atoms with Gasteiger partial charge in [-0.3, -0.25) is 14.2 Å². The number of hydrogen-bond donors (Lipinski definition) is 1. The largest absolute Gasteiger partial charge is 0.497 e. The average Bonchev–Trinajstić information content (AvgIpc) is 3.18. The molecule has 0 fully saturated rings. The highest BCUT2D eigenvalue weighted by molar-refractivity contribution is 7.07. The molecule has 0 radical (unpaired) electrons. The Hall–Kier alpha value is -4.17. The Labute approximate surface area is 217 Å². The van der Waals surface area contributed by atoms with E-state index in [4.69, 9.17) is 14.5 Å². The van der Waals surface area contributed by atoms with Crippen LogP contribution in [-0.4, -0.2) is 23.3 Å². The maximum absolute atomic E-state index is 13.8. The molecule has 0 unspecified atom stereocenters. The maximum atomic E-state index is 13.8. The quantitative estimate of drug-likeness (QED) is 0.454. The predicted octanol–water partition coefficient (Wildman–Crippen LogP) is 3.64. The fraction of sp³-hybridized carbons (Fsp3) is 0.207. The van der Waals surface area contributed by atoms with Gasteiger partial charge in [-0.25, -0.2) is 4.99 Å². The van der Waals surface area contributed by atoms with Gasteiger partial charge in [-0.2, -0.15) is 0 Å². The first-order chi connectivity index (χ1) is 17.9. The van der Waals surface area contributed by atoms with E-state index in [-0.39, 0.29) is 11.5 Å². The van der Waals surface area contributed by atoms with E-state index in [2.05, 4.69) is 5.32 Å². The Morgan fingerprint density at radius 1 is 1.11 bits per heavy atom. The molecule has 6 rings (SSSR count). The predicted molar refractivity (Wildman–Crippen MR) is 143 cm³/mol. The van der Waals surface area contributed by atoms with Crippen molar-refractivity contribution in [3.05, 3.63) is 109 Å². The molecule has 2 aliphatic heterocycles. The van der Waals surface area contributed by atoms with Crippen LogP contribution in [-0.2, 0) is 4.79 Å². The van der Waals surface area contributed by atoms with Crippen molar-refractivity contribution < 1.29 is 14.3 Å². The summed E-state index contributed by atoms with van der Waals surface area (Å²) in [6.45, 7) is 3.76. The Balaban J connectivity index is 1.51. The summed E-state index contributed by atoms with van der Waals surface area (Å²) in [6.07, 6.45) is 1.84. The van der Waals surface area contributed by atoms with E-state index in [0.717, 1.165) is 28.1 Å². The molecule has 3 aromatic carbocycles. The van der Waals surface area contributed by atoms with Crippen molar-refractivity contribution in [3.63, 3.8) is 0 Å². The number of nitrogens with zero attached hydrogens (tertiary/aromatic N) is 2. The Morgan fingerprint density at radius 3 is 2.59 bits per heavy atom. The van der Waals surface area contributed by atoms with Crippen molar-refractivity contribution in [2.75, 3.05) is 12.4 Å². The van der Waals surface area contributed by atoms with Crippen LogP contribution in [0.3, 0.4) is 0 Å². The molecule has 1 aromatic heterocycles.